The Bertz CT molecular complexity index is 1820. The maximum atomic E-state index is 14.0. The van der Waals surface area contributed by atoms with E-state index in [1.807, 2.05) is 0 Å². The first-order chi connectivity index (χ1) is 21.9. The Balaban J connectivity index is 1.48. The third-order valence-electron chi connectivity index (χ3n) is 6.48. The number of aromatic amines is 1. The molecule has 46 heavy (non-hydrogen) atoms. The van der Waals surface area contributed by atoms with E-state index in [1.54, 1.807) is 26.2 Å². The zero-order chi connectivity index (χ0) is 33.4. The molecule has 0 saturated carbocycles. The number of ether oxygens (including phenoxy) is 2. The number of carbonyl (C=O) groups is 3. The van der Waals surface area contributed by atoms with Gasteiger partial charge in [0.25, 0.3) is 11.5 Å². The summed E-state index contributed by atoms with van der Waals surface area (Å²) in [5.74, 6) is -2.07. The Hall–Kier alpha value is -5.67. The fourth-order valence-electron chi connectivity index (χ4n) is 4.01. The van der Waals surface area contributed by atoms with Gasteiger partial charge in [-0.1, -0.05) is 6.08 Å². The molecule has 1 aromatic carbocycles. The van der Waals surface area contributed by atoms with E-state index in [-0.39, 0.29) is 54.7 Å². The molecule has 2 N–H and O–H groups in total. The third kappa shape index (κ3) is 8.49. The summed E-state index contributed by atoms with van der Waals surface area (Å²) in [4.78, 5) is 68.5. The van der Waals surface area contributed by atoms with Crippen molar-refractivity contribution in [1.29, 1.82) is 0 Å². The van der Waals surface area contributed by atoms with Crippen molar-refractivity contribution >= 4 is 34.8 Å². The summed E-state index contributed by atoms with van der Waals surface area (Å²) in [6, 6.07) is 6.08. The Morgan fingerprint density at radius 1 is 1.11 bits per heavy atom. The Morgan fingerprint density at radius 2 is 1.89 bits per heavy atom. The molecule has 0 bridgehead atoms. The van der Waals surface area contributed by atoms with Crippen LogP contribution in [0.4, 0.5) is 19.3 Å². The minimum absolute atomic E-state index is 0.0574. The van der Waals surface area contributed by atoms with Crippen molar-refractivity contribution in [3.05, 3.63) is 88.4 Å². The minimum atomic E-state index is -1.25. The summed E-state index contributed by atoms with van der Waals surface area (Å²) in [5.41, 5.74) is -0.000842. The lowest BCUT2D eigenvalue weighted by Gasteiger charge is -2.19. The van der Waals surface area contributed by atoms with Crippen molar-refractivity contribution < 1.29 is 32.6 Å². The number of pyridine rings is 1. The second kappa shape index (κ2) is 14.9. The number of H-pyrrole nitrogens is 1. The number of halogens is 2. The standard InChI is InChI=1S/C30H32F2N8O6/c1-38(2)24(41)10-6-5-9-22(46-30(44)39(3)4)27(42)35-21-8-7-13-40(29(21)43)15-23-36-25-26(37-23)33-17-34-28(25)45-16-18-11-12-19(31)14-20(18)32/h6-8,10-14,17,22H,5,9,15-16H2,1-4H3,(H,35,42)(H,33,34,36,37)/b10-6+/t22-/m0/s1. The maximum absolute atomic E-state index is 14.0. The number of carbonyl (C=O) groups excluding carboxylic acids is 3. The molecule has 3 aromatic heterocycles. The first-order valence-electron chi connectivity index (χ1n) is 13.9. The number of nitrogens with one attached hydrogen (secondary N) is 2. The first-order valence-corrected chi connectivity index (χ1v) is 13.9. The average Bonchev–Trinajstić information content (AvgIpc) is 3.43. The lowest BCUT2D eigenvalue weighted by Crippen LogP contribution is -2.37. The highest BCUT2D eigenvalue weighted by atomic mass is 19.1. The molecular weight excluding hydrogens is 606 g/mol. The predicted octanol–water partition coefficient (Wildman–Crippen LogP) is 2.85. The van der Waals surface area contributed by atoms with E-state index in [0.717, 1.165) is 17.0 Å². The summed E-state index contributed by atoms with van der Waals surface area (Å²) in [5, 5.41) is 2.53. The second-order valence-corrected chi connectivity index (χ2v) is 10.4. The van der Waals surface area contributed by atoms with Gasteiger partial charge in [-0.15, -0.1) is 0 Å². The van der Waals surface area contributed by atoms with Crippen molar-refractivity contribution in [3.63, 3.8) is 0 Å². The SMILES string of the molecule is CN(C)C(=O)/C=C/CC[C@H](OC(=O)N(C)C)C(=O)Nc1cccn(Cc2nc3ncnc(OCc4ccc(F)cc4F)c3[nH]2)c1=O. The largest absolute Gasteiger partial charge is 0.471 e. The molecule has 0 fully saturated rings. The molecule has 1 atom stereocenters. The Labute approximate surface area is 261 Å². The van der Waals surface area contributed by atoms with Gasteiger partial charge in [-0.25, -0.2) is 23.5 Å². The van der Waals surface area contributed by atoms with Gasteiger partial charge in [-0.05, 0) is 43.2 Å². The normalized spacial score (nSPS) is 11.8. The Morgan fingerprint density at radius 3 is 2.61 bits per heavy atom. The topological polar surface area (TPSA) is 165 Å². The van der Waals surface area contributed by atoms with Gasteiger partial charge < -0.3 is 34.1 Å². The van der Waals surface area contributed by atoms with E-state index in [0.29, 0.717) is 11.3 Å². The van der Waals surface area contributed by atoms with E-state index in [4.69, 9.17) is 9.47 Å². The average molecular weight is 639 g/mol. The molecule has 14 nitrogen and oxygen atoms in total. The van der Waals surface area contributed by atoms with Gasteiger partial charge in [0.15, 0.2) is 11.8 Å². The molecule has 0 aliphatic carbocycles. The van der Waals surface area contributed by atoms with Crippen LogP contribution in [0.5, 0.6) is 5.88 Å². The smallest absolute Gasteiger partial charge is 0.410 e. The number of hydrogen-bond donors (Lipinski definition) is 2. The Kier molecular flexibility index (Phi) is 10.7. The van der Waals surface area contributed by atoms with Crippen LogP contribution in [0.3, 0.4) is 0 Å². The molecule has 3 heterocycles. The van der Waals surface area contributed by atoms with E-state index >= 15 is 0 Å². The molecule has 4 rings (SSSR count). The van der Waals surface area contributed by atoms with Crippen LogP contribution in [0.25, 0.3) is 11.2 Å². The molecule has 0 saturated heterocycles. The zero-order valence-corrected chi connectivity index (χ0v) is 25.5. The summed E-state index contributed by atoms with van der Waals surface area (Å²) < 4.78 is 39.5. The number of likely N-dealkylation sites (N-methyl/N-ethyl adjacent to an activating group) is 1. The van der Waals surface area contributed by atoms with Crippen LogP contribution in [0.2, 0.25) is 0 Å². The minimum Gasteiger partial charge on any atom is -0.471 e. The van der Waals surface area contributed by atoms with Crippen LogP contribution in [0, 0.1) is 11.6 Å². The number of rotatable bonds is 12. The van der Waals surface area contributed by atoms with Crippen molar-refractivity contribution in [1.82, 2.24) is 34.3 Å². The molecule has 0 unspecified atom stereocenters. The number of hydrogen-bond acceptors (Lipinski definition) is 9. The number of benzene rings is 1. The lowest BCUT2D eigenvalue weighted by atomic mass is 10.1. The van der Waals surface area contributed by atoms with Gasteiger partial charge >= 0.3 is 6.09 Å². The van der Waals surface area contributed by atoms with Crippen LogP contribution in [0.15, 0.2) is 59.8 Å². The fraction of sp³-hybridized carbons (Fsp3) is 0.300. The number of amides is 3. The van der Waals surface area contributed by atoms with Gasteiger partial charge in [0.2, 0.25) is 11.8 Å². The summed E-state index contributed by atoms with van der Waals surface area (Å²) in [6.07, 6.45) is 3.91. The maximum Gasteiger partial charge on any atom is 0.410 e. The quantitative estimate of drug-likeness (QED) is 0.222. The van der Waals surface area contributed by atoms with Crippen LogP contribution >= 0.6 is 0 Å². The van der Waals surface area contributed by atoms with E-state index in [1.165, 1.54) is 54.3 Å². The van der Waals surface area contributed by atoms with Gasteiger partial charge in [0.1, 0.15) is 41.6 Å². The van der Waals surface area contributed by atoms with Crippen LogP contribution in [-0.2, 0) is 27.5 Å². The predicted molar refractivity (Wildman–Crippen MR) is 162 cm³/mol. The molecular formula is C30H32F2N8O6. The number of nitrogens with zero attached hydrogens (tertiary/aromatic N) is 6. The highest BCUT2D eigenvalue weighted by Crippen LogP contribution is 2.21. The highest BCUT2D eigenvalue weighted by Gasteiger charge is 2.24. The van der Waals surface area contributed by atoms with E-state index in [2.05, 4.69) is 25.3 Å². The van der Waals surface area contributed by atoms with E-state index in [9.17, 15) is 28.0 Å². The zero-order valence-electron chi connectivity index (χ0n) is 25.5. The van der Waals surface area contributed by atoms with Crippen LogP contribution in [0.1, 0.15) is 24.2 Å². The molecule has 0 radical (unpaired) electrons. The molecule has 4 aromatic rings. The number of imidazole rings is 1. The lowest BCUT2D eigenvalue weighted by molar-refractivity contribution is -0.125. The number of fused-ring (bicyclic) bond motifs is 1. The molecule has 242 valence electrons. The van der Waals surface area contributed by atoms with Crippen molar-refractivity contribution in [2.24, 2.45) is 0 Å². The van der Waals surface area contributed by atoms with Crippen LogP contribution in [-0.4, -0.2) is 86.5 Å². The summed E-state index contributed by atoms with van der Waals surface area (Å²) >= 11 is 0. The number of anilines is 1. The van der Waals surface area contributed by atoms with Crippen LogP contribution < -0.4 is 15.6 Å². The molecule has 16 heteroatoms. The molecule has 0 spiro atoms. The fourth-order valence-corrected chi connectivity index (χ4v) is 4.01. The van der Waals surface area contributed by atoms with Crippen molar-refractivity contribution in [3.8, 4) is 5.88 Å². The van der Waals surface area contributed by atoms with Gasteiger partial charge in [0, 0.05) is 46.0 Å². The van der Waals surface area contributed by atoms with Crippen molar-refractivity contribution in [2.75, 3.05) is 33.5 Å². The summed E-state index contributed by atoms with van der Waals surface area (Å²) in [6.45, 7) is -0.294. The molecule has 0 aliphatic heterocycles. The number of allylic oxidation sites excluding steroid dienone is 1. The van der Waals surface area contributed by atoms with E-state index < -0.39 is 35.3 Å². The molecule has 0 aliphatic rings. The van der Waals surface area contributed by atoms with Crippen molar-refractivity contribution in [2.45, 2.75) is 32.1 Å². The van der Waals surface area contributed by atoms with Gasteiger partial charge in [-0.3, -0.25) is 14.4 Å². The first kappa shape index (κ1) is 33.2. The van der Waals surface area contributed by atoms with Gasteiger partial charge in [0.05, 0.1) is 6.54 Å². The highest BCUT2D eigenvalue weighted by molar-refractivity contribution is 5.95. The monoisotopic (exact) mass is 638 g/mol. The second-order valence-electron chi connectivity index (χ2n) is 10.4. The van der Waals surface area contributed by atoms with Gasteiger partial charge in [-0.2, -0.15) is 4.98 Å². The number of aromatic nitrogens is 5. The third-order valence-corrected chi connectivity index (χ3v) is 6.48. The summed E-state index contributed by atoms with van der Waals surface area (Å²) in [7, 11) is 6.13. The molecule has 3 amide bonds.